The molecule has 0 heterocycles. The minimum absolute atomic E-state index is 0.0833. The van der Waals surface area contributed by atoms with Gasteiger partial charge in [-0.25, -0.2) is 0 Å². The van der Waals surface area contributed by atoms with E-state index < -0.39 is 0 Å². The lowest BCUT2D eigenvalue weighted by atomic mass is 10.5. The van der Waals surface area contributed by atoms with Crippen molar-refractivity contribution in [2.45, 2.75) is 19.2 Å². The lowest BCUT2D eigenvalue weighted by molar-refractivity contribution is 1.12. The summed E-state index contributed by atoms with van der Waals surface area (Å²) >= 11 is 5.51. The number of hydrogen-bond acceptors (Lipinski definition) is 1. The van der Waals surface area contributed by atoms with Crippen molar-refractivity contribution in [3.63, 3.8) is 0 Å². The zero-order valence-electron chi connectivity index (χ0n) is 4.69. The molecule has 2 heteroatoms. The lowest BCUT2D eigenvalue weighted by Crippen LogP contribution is -1.90. The highest BCUT2D eigenvalue weighted by atomic mass is 35.5. The highest BCUT2D eigenvalue weighted by Crippen LogP contribution is 1.86. The summed E-state index contributed by atoms with van der Waals surface area (Å²) in [6, 6.07) is 0. The van der Waals surface area contributed by atoms with Gasteiger partial charge in [0.2, 0.25) is 0 Å². The molecule has 7 heavy (non-hydrogen) atoms. The Morgan fingerprint density at radius 1 is 1.86 bits per heavy atom. The normalized spacial score (nSPS) is 15.3. The predicted molar refractivity (Wildman–Crippen MR) is 34.3 cm³/mol. The molecule has 0 amide bonds. The van der Waals surface area contributed by atoms with Crippen LogP contribution in [0.1, 0.15) is 13.8 Å². The Balaban J connectivity index is 3.08. The van der Waals surface area contributed by atoms with Crippen molar-refractivity contribution in [2.75, 3.05) is 6.54 Å². The Morgan fingerprint density at radius 2 is 2.43 bits per heavy atom. The molecule has 1 unspecified atom stereocenters. The zero-order chi connectivity index (χ0) is 5.70. The maximum Gasteiger partial charge on any atom is 0.0655 e. The Bertz CT molecular complexity index is 59.1. The van der Waals surface area contributed by atoms with E-state index in [-0.39, 0.29) is 5.38 Å². The topological polar surface area (TPSA) is 12.4 Å². The maximum absolute atomic E-state index is 5.51. The standard InChI is InChI=1S/C5H10ClN/c1-3-7-4-5(2)6/h4-5H,3H2,1-2H3. The van der Waals surface area contributed by atoms with Gasteiger partial charge < -0.3 is 0 Å². The molecule has 1 nitrogen and oxygen atoms in total. The van der Waals surface area contributed by atoms with E-state index in [9.17, 15) is 0 Å². The molecule has 0 aromatic carbocycles. The van der Waals surface area contributed by atoms with Crippen LogP contribution in [0.25, 0.3) is 0 Å². The highest BCUT2D eigenvalue weighted by molar-refractivity contribution is 6.27. The van der Waals surface area contributed by atoms with Crippen LogP contribution in [-0.4, -0.2) is 18.1 Å². The third kappa shape index (κ3) is 5.96. The summed E-state index contributed by atoms with van der Waals surface area (Å²) in [6.07, 6.45) is 1.74. The third-order valence-corrected chi connectivity index (χ3v) is 0.606. The molecule has 0 rings (SSSR count). The van der Waals surface area contributed by atoms with E-state index in [0.717, 1.165) is 6.54 Å². The van der Waals surface area contributed by atoms with Crippen LogP contribution in [0, 0.1) is 0 Å². The molecule has 0 aromatic rings. The zero-order valence-corrected chi connectivity index (χ0v) is 5.44. The summed E-state index contributed by atoms with van der Waals surface area (Å²) in [6.45, 7) is 4.70. The third-order valence-electron chi connectivity index (χ3n) is 0.493. The second-order valence-electron chi connectivity index (χ2n) is 1.33. The van der Waals surface area contributed by atoms with Crippen molar-refractivity contribution >= 4 is 17.8 Å². The summed E-state index contributed by atoms with van der Waals surface area (Å²) in [5.74, 6) is 0. The number of halogens is 1. The first-order valence-corrected chi connectivity index (χ1v) is 2.85. The molecule has 1 atom stereocenters. The van der Waals surface area contributed by atoms with Crippen molar-refractivity contribution in [3.05, 3.63) is 0 Å². The molecule has 0 fully saturated rings. The van der Waals surface area contributed by atoms with E-state index >= 15 is 0 Å². The van der Waals surface area contributed by atoms with E-state index in [1.54, 1.807) is 6.21 Å². The number of rotatable bonds is 2. The molecule has 42 valence electrons. The van der Waals surface area contributed by atoms with Gasteiger partial charge in [-0.1, -0.05) is 0 Å². The minimum Gasteiger partial charge on any atom is -0.296 e. The van der Waals surface area contributed by atoms with Gasteiger partial charge in [0.1, 0.15) is 0 Å². The van der Waals surface area contributed by atoms with Crippen LogP contribution < -0.4 is 0 Å². The van der Waals surface area contributed by atoms with Gasteiger partial charge in [0, 0.05) is 12.8 Å². The minimum atomic E-state index is 0.0833. The molecule has 0 N–H and O–H groups in total. The van der Waals surface area contributed by atoms with Gasteiger partial charge in [-0.2, -0.15) is 0 Å². The fourth-order valence-electron chi connectivity index (χ4n) is 0.251. The fraction of sp³-hybridized carbons (Fsp3) is 0.800. The quantitative estimate of drug-likeness (QED) is 0.388. The van der Waals surface area contributed by atoms with Crippen LogP contribution in [0.5, 0.6) is 0 Å². The van der Waals surface area contributed by atoms with Crippen molar-refractivity contribution in [2.24, 2.45) is 4.99 Å². The first-order valence-electron chi connectivity index (χ1n) is 2.41. The average Bonchev–Trinajstić information content (AvgIpc) is 1.61. The summed E-state index contributed by atoms with van der Waals surface area (Å²) < 4.78 is 0. The first-order chi connectivity index (χ1) is 3.27. The second-order valence-corrected chi connectivity index (χ2v) is 2.01. The summed E-state index contributed by atoms with van der Waals surface area (Å²) in [5.41, 5.74) is 0. The van der Waals surface area contributed by atoms with Crippen molar-refractivity contribution in [1.82, 2.24) is 0 Å². The fourth-order valence-corrected chi connectivity index (χ4v) is 0.330. The monoisotopic (exact) mass is 119 g/mol. The predicted octanol–water partition coefficient (Wildman–Crippen LogP) is 1.70. The summed E-state index contributed by atoms with van der Waals surface area (Å²) in [7, 11) is 0. The van der Waals surface area contributed by atoms with E-state index in [0.29, 0.717) is 0 Å². The average molecular weight is 120 g/mol. The number of aliphatic imine (C=N–C) groups is 1. The molecular formula is C5H10ClN. The van der Waals surface area contributed by atoms with Crippen LogP contribution >= 0.6 is 11.6 Å². The Hall–Kier alpha value is -0.0400. The van der Waals surface area contributed by atoms with Gasteiger partial charge in [0.15, 0.2) is 0 Å². The molecule has 0 aliphatic heterocycles. The summed E-state index contributed by atoms with van der Waals surface area (Å²) in [5, 5.41) is 0.0833. The largest absolute Gasteiger partial charge is 0.296 e. The van der Waals surface area contributed by atoms with Gasteiger partial charge >= 0.3 is 0 Å². The summed E-state index contributed by atoms with van der Waals surface area (Å²) in [4.78, 5) is 3.91. The number of hydrogen-bond donors (Lipinski definition) is 0. The van der Waals surface area contributed by atoms with Crippen molar-refractivity contribution in [3.8, 4) is 0 Å². The molecular weight excluding hydrogens is 110 g/mol. The van der Waals surface area contributed by atoms with Crippen molar-refractivity contribution < 1.29 is 0 Å². The van der Waals surface area contributed by atoms with Crippen molar-refractivity contribution in [1.29, 1.82) is 0 Å². The molecule has 0 spiro atoms. The van der Waals surface area contributed by atoms with Gasteiger partial charge in [-0.05, 0) is 13.8 Å². The maximum atomic E-state index is 5.51. The van der Waals surface area contributed by atoms with E-state index in [4.69, 9.17) is 11.6 Å². The molecule has 0 radical (unpaired) electrons. The highest BCUT2D eigenvalue weighted by Gasteiger charge is 1.82. The molecule has 0 saturated heterocycles. The van der Waals surface area contributed by atoms with E-state index in [1.165, 1.54) is 0 Å². The smallest absolute Gasteiger partial charge is 0.0655 e. The Morgan fingerprint density at radius 3 is 2.57 bits per heavy atom. The number of alkyl halides is 1. The SMILES string of the molecule is CCN=CC(C)Cl. The lowest BCUT2D eigenvalue weighted by Gasteiger charge is -1.86. The van der Waals surface area contributed by atoms with E-state index in [2.05, 4.69) is 4.99 Å². The van der Waals surface area contributed by atoms with Crippen LogP contribution in [-0.2, 0) is 0 Å². The molecule has 0 aromatic heterocycles. The first kappa shape index (κ1) is 6.96. The van der Waals surface area contributed by atoms with E-state index in [1.807, 2.05) is 13.8 Å². The Labute approximate surface area is 49.4 Å². The van der Waals surface area contributed by atoms with Gasteiger partial charge in [0.25, 0.3) is 0 Å². The van der Waals surface area contributed by atoms with Gasteiger partial charge in [-0.15, -0.1) is 11.6 Å². The number of nitrogens with zero attached hydrogens (tertiary/aromatic N) is 1. The Kier molecular flexibility index (Phi) is 4.10. The molecule has 0 aliphatic rings. The molecule has 0 saturated carbocycles. The van der Waals surface area contributed by atoms with Gasteiger partial charge in [0.05, 0.1) is 5.38 Å². The van der Waals surface area contributed by atoms with Crippen LogP contribution in [0.4, 0.5) is 0 Å². The van der Waals surface area contributed by atoms with Crippen LogP contribution in [0.3, 0.4) is 0 Å². The van der Waals surface area contributed by atoms with Crippen LogP contribution in [0.2, 0.25) is 0 Å². The molecule has 0 aliphatic carbocycles. The molecule has 0 bridgehead atoms. The van der Waals surface area contributed by atoms with Gasteiger partial charge in [-0.3, -0.25) is 4.99 Å². The van der Waals surface area contributed by atoms with Crippen LogP contribution in [0.15, 0.2) is 4.99 Å². The second kappa shape index (κ2) is 4.13.